The van der Waals surface area contributed by atoms with E-state index in [0.29, 0.717) is 10.4 Å². The van der Waals surface area contributed by atoms with Crippen molar-refractivity contribution in [2.75, 3.05) is 7.05 Å². The lowest BCUT2D eigenvalue weighted by atomic mass is 9.90. The maximum Gasteiger partial charge on any atom is 0.142 e. The number of hydrogen-bond donors (Lipinski definition) is 1. The van der Waals surface area contributed by atoms with Crippen LogP contribution in [0.1, 0.15) is 44.2 Å². The molecule has 1 N–H and O–H groups in total. The van der Waals surface area contributed by atoms with Crippen LogP contribution in [-0.2, 0) is 0 Å². The molecule has 0 radical (unpaired) electrons. The molecular formula is C15H21BrFN. The van der Waals surface area contributed by atoms with E-state index in [1.807, 2.05) is 19.2 Å². The molecule has 1 aliphatic rings. The van der Waals surface area contributed by atoms with Gasteiger partial charge in [0.2, 0.25) is 0 Å². The first-order valence-corrected chi connectivity index (χ1v) is 7.57. The van der Waals surface area contributed by atoms with Crippen LogP contribution in [0.25, 0.3) is 0 Å². The SMILES string of the molecule is CCC1CCC(C(NC)c2cccc(Br)c2F)C1. The van der Waals surface area contributed by atoms with Crippen molar-refractivity contribution in [3.8, 4) is 0 Å². The van der Waals surface area contributed by atoms with Crippen molar-refractivity contribution >= 4 is 15.9 Å². The summed E-state index contributed by atoms with van der Waals surface area (Å²) < 4.78 is 14.7. The maximum atomic E-state index is 14.2. The molecule has 0 amide bonds. The van der Waals surface area contributed by atoms with Gasteiger partial charge in [-0.25, -0.2) is 4.39 Å². The summed E-state index contributed by atoms with van der Waals surface area (Å²) in [6, 6.07) is 5.72. The van der Waals surface area contributed by atoms with Crippen molar-refractivity contribution in [1.29, 1.82) is 0 Å². The summed E-state index contributed by atoms with van der Waals surface area (Å²) in [6.07, 6.45) is 4.95. The number of nitrogens with one attached hydrogen (secondary N) is 1. The van der Waals surface area contributed by atoms with E-state index in [4.69, 9.17) is 0 Å². The summed E-state index contributed by atoms with van der Waals surface area (Å²) in [5.74, 6) is 1.27. The molecule has 1 saturated carbocycles. The van der Waals surface area contributed by atoms with Gasteiger partial charge in [-0.05, 0) is 53.7 Å². The Kier molecular flexibility index (Phi) is 4.79. The van der Waals surface area contributed by atoms with Gasteiger partial charge in [-0.2, -0.15) is 0 Å². The quantitative estimate of drug-likeness (QED) is 0.851. The summed E-state index contributed by atoms with van der Waals surface area (Å²) in [7, 11) is 1.93. The Morgan fingerprint density at radius 3 is 2.83 bits per heavy atom. The molecule has 0 bridgehead atoms. The van der Waals surface area contributed by atoms with Gasteiger partial charge < -0.3 is 5.32 Å². The molecule has 2 rings (SSSR count). The Bertz CT molecular complexity index is 407. The molecule has 3 heteroatoms. The highest BCUT2D eigenvalue weighted by molar-refractivity contribution is 9.10. The van der Waals surface area contributed by atoms with Crippen molar-refractivity contribution in [2.24, 2.45) is 11.8 Å². The normalized spacial score (nSPS) is 25.3. The molecule has 0 spiro atoms. The molecule has 1 fully saturated rings. The van der Waals surface area contributed by atoms with Crippen LogP contribution in [0.2, 0.25) is 0 Å². The van der Waals surface area contributed by atoms with E-state index in [2.05, 4.69) is 28.2 Å². The first-order valence-electron chi connectivity index (χ1n) is 6.78. The van der Waals surface area contributed by atoms with Crippen LogP contribution in [0, 0.1) is 17.7 Å². The van der Waals surface area contributed by atoms with E-state index in [1.165, 1.54) is 25.7 Å². The highest BCUT2D eigenvalue weighted by Crippen LogP contribution is 2.41. The van der Waals surface area contributed by atoms with Gasteiger partial charge in [0.1, 0.15) is 5.82 Å². The first kappa shape index (κ1) is 14.0. The summed E-state index contributed by atoms with van der Waals surface area (Å²) in [5, 5.41) is 3.31. The number of hydrogen-bond acceptors (Lipinski definition) is 1. The lowest BCUT2D eigenvalue weighted by Gasteiger charge is -2.24. The van der Waals surface area contributed by atoms with E-state index in [1.54, 1.807) is 6.07 Å². The van der Waals surface area contributed by atoms with E-state index in [0.717, 1.165) is 11.5 Å². The minimum Gasteiger partial charge on any atom is -0.313 e. The zero-order chi connectivity index (χ0) is 13.1. The van der Waals surface area contributed by atoms with Gasteiger partial charge in [0.15, 0.2) is 0 Å². The molecule has 18 heavy (non-hydrogen) atoms. The summed E-state index contributed by atoms with van der Waals surface area (Å²) in [4.78, 5) is 0. The molecule has 100 valence electrons. The minimum absolute atomic E-state index is 0.114. The number of rotatable bonds is 4. The first-order chi connectivity index (χ1) is 8.67. The van der Waals surface area contributed by atoms with Crippen LogP contribution in [0.3, 0.4) is 0 Å². The van der Waals surface area contributed by atoms with Crippen LogP contribution in [0.15, 0.2) is 22.7 Å². The average Bonchev–Trinajstić information content (AvgIpc) is 2.84. The van der Waals surface area contributed by atoms with Gasteiger partial charge >= 0.3 is 0 Å². The van der Waals surface area contributed by atoms with E-state index >= 15 is 0 Å². The monoisotopic (exact) mass is 313 g/mol. The van der Waals surface area contributed by atoms with Crippen LogP contribution in [0.5, 0.6) is 0 Å². The molecular weight excluding hydrogens is 293 g/mol. The Balaban J connectivity index is 2.21. The van der Waals surface area contributed by atoms with Gasteiger partial charge in [-0.3, -0.25) is 0 Å². The van der Waals surface area contributed by atoms with Gasteiger partial charge in [0.25, 0.3) is 0 Å². The fourth-order valence-electron chi connectivity index (χ4n) is 3.19. The smallest absolute Gasteiger partial charge is 0.142 e. The molecule has 0 aliphatic heterocycles. The predicted molar refractivity (Wildman–Crippen MR) is 77.0 cm³/mol. The van der Waals surface area contributed by atoms with Crippen LogP contribution < -0.4 is 5.32 Å². The largest absolute Gasteiger partial charge is 0.313 e. The predicted octanol–water partition coefficient (Wildman–Crippen LogP) is 4.68. The van der Waals surface area contributed by atoms with Gasteiger partial charge in [-0.1, -0.05) is 31.9 Å². The standard InChI is InChI=1S/C15H21BrFN/c1-3-10-7-8-11(9-10)15(18-2)12-5-4-6-13(16)14(12)17/h4-6,10-11,15,18H,3,7-9H2,1-2H3. The van der Waals surface area contributed by atoms with Crippen molar-refractivity contribution < 1.29 is 4.39 Å². The number of halogens is 2. The highest BCUT2D eigenvalue weighted by atomic mass is 79.9. The average molecular weight is 314 g/mol. The van der Waals surface area contributed by atoms with Crippen molar-refractivity contribution in [2.45, 2.75) is 38.6 Å². The molecule has 1 aromatic rings. The zero-order valence-corrected chi connectivity index (χ0v) is 12.6. The molecule has 0 aromatic heterocycles. The highest BCUT2D eigenvalue weighted by Gasteiger charge is 2.31. The second-order valence-corrected chi connectivity index (χ2v) is 6.11. The second-order valence-electron chi connectivity index (χ2n) is 5.26. The fraction of sp³-hybridized carbons (Fsp3) is 0.600. The number of benzene rings is 1. The molecule has 0 saturated heterocycles. The molecule has 0 heterocycles. The molecule has 3 unspecified atom stereocenters. The minimum atomic E-state index is -0.114. The Labute approximate surface area is 117 Å². The van der Waals surface area contributed by atoms with Crippen molar-refractivity contribution in [1.82, 2.24) is 5.32 Å². The third-order valence-electron chi connectivity index (χ3n) is 4.26. The van der Waals surface area contributed by atoms with Crippen molar-refractivity contribution in [3.63, 3.8) is 0 Å². The Morgan fingerprint density at radius 2 is 2.22 bits per heavy atom. The Hall–Kier alpha value is -0.410. The third kappa shape index (κ3) is 2.77. The molecule has 1 aromatic carbocycles. The van der Waals surface area contributed by atoms with Gasteiger partial charge in [-0.15, -0.1) is 0 Å². The van der Waals surface area contributed by atoms with E-state index < -0.39 is 0 Å². The molecule has 3 atom stereocenters. The van der Waals surface area contributed by atoms with E-state index in [-0.39, 0.29) is 11.9 Å². The lowest BCUT2D eigenvalue weighted by Crippen LogP contribution is -2.25. The third-order valence-corrected chi connectivity index (χ3v) is 4.87. The summed E-state index contributed by atoms with van der Waals surface area (Å²) in [5.41, 5.74) is 0.800. The van der Waals surface area contributed by atoms with Crippen LogP contribution >= 0.6 is 15.9 Å². The maximum absolute atomic E-state index is 14.2. The van der Waals surface area contributed by atoms with Crippen LogP contribution in [-0.4, -0.2) is 7.05 Å². The molecule has 1 aliphatic carbocycles. The summed E-state index contributed by atoms with van der Waals surface area (Å²) in [6.45, 7) is 2.25. The lowest BCUT2D eigenvalue weighted by molar-refractivity contribution is 0.362. The van der Waals surface area contributed by atoms with E-state index in [9.17, 15) is 4.39 Å². The van der Waals surface area contributed by atoms with Gasteiger partial charge in [0.05, 0.1) is 4.47 Å². The van der Waals surface area contributed by atoms with Crippen LogP contribution in [0.4, 0.5) is 4.39 Å². The van der Waals surface area contributed by atoms with Crippen molar-refractivity contribution in [3.05, 3.63) is 34.1 Å². The zero-order valence-electron chi connectivity index (χ0n) is 11.0. The Morgan fingerprint density at radius 1 is 1.44 bits per heavy atom. The fourth-order valence-corrected chi connectivity index (χ4v) is 3.57. The summed E-state index contributed by atoms with van der Waals surface area (Å²) >= 11 is 3.27. The second kappa shape index (κ2) is 6.16. The topological polar surface area (TPSA) is 12.0 Å². The molecule has 1 nitrogen and oxygen atoms in total. The van der Waals surface area contributed by atoms with Gasteiger partial charge in [0, 0.05) is 11.6 Å².